The number of hydrogen-bond donors (Lipinski definition) is 1. The van der Waals surface area contributed by atoms with Gasteiger partial charge in [0.2, 0.25) is 0 Å². The Kier molecular flexibility index (Phi) is 5.71. The second-order valence-corrected chi connectivity index (χ2v) is 6.12. The van der Waals surface area contributed by atoms with Gasteiger partial charge in [-0.25, -0.2) is 0 Å². The zero-order valence-electron chi connectivity index (χ0n) is 12.2. The van der Waals surface area contributed by atoms with Crippen molar-refractivity contribution in [3.05, 3.63) is 12.2 Å². The van der Waals surface area contributed by atoms with Gasteiger partial charge in [0.15, 0.2) is 0 Å². The van der Waals surface area contributed by atoms with Gasteiger partial charge in [-0.05, 0) is 71.0 Å². The van der Waals surface area contributed by atoms with E-state index < -0.39 is 0 Å². The first kappa shape index (κ1) is 14.1. The molecular weight excluding hydrogens is 220 g/mol. The Morgan fingerprint density at radius 3 is 2.61 bits per heavy atom. The van der Waals surface area contributed by atoms with Crippen LogP contribution in [0.4, 0.5) is 0 Å². The van der Waals surface area contributed by atoms with Crippen molar-refractivity contribution in [1.29, 1.82) is 0 Å². The molecule has 0 spiro atoms. The molecule has 1 aliphatic heterocycles. The summed E-state index contributed by atoms with van der Waals surface area (Å²) in [5.41, 5.74) is 0. The van der Waals surface area contributed by atoms with Gasteiger partial charge >= 0.3 is 0 Å². The maximum absolute atomic E-state index is 3.87. The molecule has 0 saturated carbocycles. The van der Waals surface area contributed by atoms with Crippen LogP contribution in [0.15, 0.2) is 12.2 Å². The number of nitrogens with zero attached hydrogens (tertiary/aromatic N) is 1. The van der Waals surface area contributed by atoms with E-state index >= 15 is 0 Å². The smallest absolute Gasteiger partial charge is 0.0107 e. The van der Waals surface area contributed by atoms with E-state index in [4.69, 9.17) is 0 Å². The Bertz CT molecular complexity index is 254. The van der Waals surface area contributed by atoms with Crippen molar-refractivity contribution in [1.82, 2.24) is 10.2 Å². The minimum absolute atomic E-state index is 0.699. The molecule has 1 saturated heterocycles. The summed E-state index contributed by atoms with van der Waals surface area (Å²) in [6.07, 6.45) is 12.6. The lowest BCUT2D eigenvalue weighted by molar-refractivity contribution is 0.157. The number of piperidine rings is 1. The topological polar surface area (TPSA) is 15.3 Å². The summed E-state index contributed by atoms with van der Waals surface area (Å²) in [6, 6.07) is 1.43. The van der Waals surface area contributed by atoms with Crippen LogP contribution in [-0.2, 0) is 0 Å². The fraction of sp³-hybridized carbons (Fsp3) is 0.875. The number of rotatable bonds is 5. The van der Waals surface area contributed by atoms with Gasteiger partial charge in [0.05, 0.1) is 0 Å². The molecule has 1 heterocycles. The molecule has 104 valence electrons. The summed E-state index contributed by atoms with van der Waals surface area (Å²) in [4.78, 5) is 2.63. The van der Waals surface area contributed by atoms with E-state index in [2.05, 4.69) is 36.2 Å². The molecule has 1 fully saturated rings. The number of likely N-dealkylation sites (tertiary alicyclic amines) is 1. The van der Waals surface area contributed by atoms with E-state index in [1.165, 1.54) is 58.2 Å². The largest absolute Gasteiger partial charge is 0.311 e. The van der Waals surface area contributed by atoms with E-state index in [0.29, 0.717) is 6.04 Å². The maximum atomic E-state index is 3.87. The van der Waals surface area contributed by atoms with Crippen molar-refractivity contribution in [2.75, 3.05) is 19.6 Å². The first-order valence-corrected chi connectivity index (χ1v) is 7.93. The van der Waals surface area contributed by atoms with Crippen LogP contribution in [-0.4, -0.2) is 36.6 Å². The standard InChI is InChI=1S/C16H30N2/c1-3-11-18-12-9-15(10-13-18)14(2)17-16-7-5-4-6-8-16/h4-5,14-17H,3,6-13H2,1-2H3. The number of allylic oxidation sites excluding steroid dienone is 1. The molecule has 0 aromatic heterocycles. The normalized spacial score (nSPS) is 28.4. The van der Waals surface area contributed by atoms with Crippen LogP contribution in [0.25, 0.3) is 0 Å². The van der Waals surface area contributed by atoms with Crippen LogP contribution >= 0.6 is 0 Å². The summed E-state index contributed by atoms with van der Waals surface area (Å²) in [5.74, 6) is 0.893. The lowest BCUT2D eigenvalue weighted by Gasteiger charge is -2.36. The highest BCUT2D eigenvalue weighted by atomic mass is 15.1. The molecule has 0 bridgehead atoms. The molecule has 2 aliphatic rings. The quantitative estimate of drug-likeness (QED) is 0.754. The molecule has 2 unspecified atom stereocenters. The summed E-state index contributed by atoms with van der Waals surface area (Å²) in [5, 5.41) is 3.87. The summed E-state index contributed by atoms with van der Waals surface area (Å²) in [6.45, 7) is 8.61. The molecule has 1 aliphatic carbocycles. The third-order valence-corrected chi connectivity index (χ3v) is 4.65. The van der Waals surface area contributed by atoms with Gasteiger partial charge in [0.1, 0.15) is 0 Å². The number of nitrogens with one attached hydrogen (secondary N) is 1. The molecular formula is C16H30N2. The average molecular weight is 250 g/mol. The molecule has 2 heteroatoms. The van der Waals surface area contributed by atoms with Gasteiger partial charge in [-0.15, -0.1) is 0 Å². The van der Waals surface area contributed by atoms with Crippen molar-refractivity contribution in [3.63, 3.8) is 0 Å². The monoisotopic (exact) mass is 250 g/mol. The lowest BCUT2D eigenvalue weighted by Crippen LogP contribution is -2.45. The third kappa shape index (κ3) is 4.10. The van der Waals surface area contributed by atoms with Gasteiger partial charge in [0.25, 0.3) is 0 Å². The van der Waals surface area contributed by atoms with E-state index in [0.717, 1.165) is 12.0 Å². The molecule has 2 rings (SSSR count). The van der Waals surface area contributed by atoms with Crippen LogP contribution < -0.4 is 5.32 Å². The predicted molar refractivity (Wildman–Crippen MR) is 78.8 cm³/mol. The summed E-state index contributed by atoms with van der Waals surface area (Å²) >= 11 is 0. The van der Waals surface area contributed by atoms with Gasteiger partial charge in [-0.1, -0.05) is 19.1 Å². The summed E-state index contributed by atoms with van der Waals surface area (Å²) in [7, 11) is 0. The lowest BCUT2D eigenvalue weighted by atomic mass is 9.89. The third-order valence-electron chi connectivity index (χ3n) is 4.65. The van der Waals surface area contributed by atoms with Gasteiger partial charge < -0.3 is 10.2 Å². The molecule has 2 atom stereocenters. The molecule has 1 N–H and O–H groups in total. The Hall–Kier alpha value is -0.340. The molecule has 18 heavy (non-hydrogen) atoms. The van der Waals surface area contributed by atoms with Gasteiger partial charge in [-0.3, -0.25) is 0 Å². The highest BCUT2D eigenvalue weighted by molar-refractivity contribution is 4.94. The highest BCUT2D eigenvalue weighted by Crippen LogP contribution is 2.22. The van der Waals surface area contributed by atoms with E-state index in [9.17, 15) is 0 Å². The molecule has 0 aromatic rings. The Morgan fingerprint density at radius 2 is 2.00 bits per heavy atom. The fourth-order valence-corrected chi connectivity index (χ4v) is 3.45. The van der Waals surface area contributed by atoms with Crippen molar-refractivity contribution in [3.8, 4) is 0 Å². The van der Waals surface area contributed by atoms with Crippen molar-refractivity contribution < 1.29 is 0 Å². The van der Waals surface area contributed by atoms with E-state index in [1.54, 1.807) is 0 Å². The first-order chi connectivity index (χ1) is 8.79. The van der Waals surface area contributed by atoms with E-state index in [-0.39, 0.29) is 0 Å². The highest BCUT2D eigenvalue weighted by Gasteiger charge is 2.24. The average Bonchev–Trinajstić information content (AvgIpc) is 2.41. The fourth-order valence-electron chi connectivity index (χ4n) is 3.45. The van der Waals surface area contributed by atoms with Gasteiger partial charge in [-0.2, -0.15) is 0 Å². The number of hydrogen-bond acceptors (Lipinski definition) is 2. The van der Waals surface area contributed by atoms with Crippen LogP contribution in [0.5, 0.6) is 0 Å². The van der Waals surface area contributed by atoms with Crippen LogP contribution in [0.3, 0.4) is 0 Å². The van der Waals surface area contributed by atoms with Crippen LogP contribution in [0, 0.1) is 5.92 Å². The molecule has 0 radical (unpaired) electrons. The molecule has 0 aromatic carbocycles. The first-order valence-electron chi connectivity index (χ1n) is 7.93. The predicted octanol–water partition coefficient (Wildman–Crippen LogP) is 3.20. The second kappa shape index (κ2) is 7.30. The molecule has 0 amide bonds. The Morgan fingerprint density at radius 1 is 1.22 bits per heavy atom. The zero-order chi connectivity index (χ0) is 12.8. The second-order valence-electron chi connectivity index (χ2n) is 6.12. The maximum Gasteiger partial charge on any atom is 0.0107 e. The molecule has 2 nitrogen and oxygen atoms in total. The summed E-state index contributed by atoms with van der Waals surface area (Å²) < 4.78 is 0. The van der Waals surface area contributed by atoms with Gasteiger partial charge in [0, 0.05) is 12.1 Å². The van der Waals surface area contributed by atoms with Crippen molar-refractivity contribution in [2.24, 2.45) is 5.92 Å². The Labute approximate surface area is 113 Å². The van der Waals surface area contributed by atoms with Crippen LogP contribution in [0.1, 0.15) is 52.4 Å². The Balaban J connectivity index is 1.70. The SMILES string of the molecule is CCCN1CCC(C(C)NC2CC=CCC2)CC1. The minimum Gasteiger partial charge on any atom is -0.311 e. The van der Waals surface area contributed by atoms with Crippen molar-refractivity contribution in [2.45, 2.75) is 64.5 Å². The van der Waals surface area contributed by atoms with Crippen molar-refractivity contribution >= 4 is 0 Å². The zero-order valence-corrected chi connectivity index (χ0v) is 12.2. The minimum atomic E-state index is 0.699. The van der Waals surface area contributed by atoms with Crippen LogP contribution in [0.2, 0.25) is 0 Å². The van der Waals surface area contributed by atoms with E-state index in [1.807, 2.05) is 0 Å².